The third-order valence-electron chi connectivity index (χ3n) is 3.18. The molecule has 0 radical (unpaired) electrons. The van der Waals surface area contributed by atoms with E-state index in [9.17, 15) is 4.79 Å². The van der Waals surface area contributed by atoms with Gasteiger partial charge < -0.3 is 15.2 Å². The van der Waals surface area contributed by atoms with Crippen LogP contribution < -0.4 is 5.32 Å². The largest absolute Gasteiger partial charge is 0.481 e. The highest BCUT2D eigenvalue weighted by Crippen LogP contribution is 2.09. The van der Waals surface area contributed by atoms with E-state index in [1.54, 1.807) is 0 Å². The Hall–Kier alpha value is -0.610. The molecule has 0 bridgehead atoms. The summed E-state index contributed by atoms with van der Waals surface area (Å²) < 4.78 is 5.24. The van der Waals surface area contributed by atoms with Crippen LogP contribution in [0.15, 0.2) is 0 Å². The Morgan fingerprint density at radius 1 is 0.895 bits per heavy atom. The normalized spacial score (nSPS) is 10.8. The lowest BCUT2D eigenvalue weighted by atomic mass is 10.1. The number of unbranched alkanes of at least 4 members (excludes halogenated alkanes) is 8. The van der Waals surface area contributed by atoms with Gasteiger partial charge in [-0.05, 0) is 26.4 Å². The van der Waals surface area contributed by atoms with Crippen molar-refractivity contribution in [3.63, 3.8) is 0 Å². The Labute approximate surface area is 117 Å². The summed E-state index contributed by atoms with van der Waals surface area (Å²) in [7, 11) is 2.01. The van der Waals surface area contributed by atoms with Gasteiger partial charge in [-0.15, -0.1) is 0 Å². The summed E-state index contributed by atoms with van der Waals surface area (Å²) in [5, 5.41) is 11.6. The SMILES string of the molecule is CNCCCCCCCCCCCOCCC(=O)O. The van der Waals surface area contributed by atoms with Crippen molar-refractivity contribution in [2.24, 2.45) is 0 Å². The molecule has 0 heterocycles. The van der Waals surface area contributed by atoms with Crippen molar-refractivity contribution < 1.29 is 14.6 Å². The molecule has 0 aromatic carbocycles. The standard InChI is InChI=1S/C15H31NO3/c1-16-12-9-7-5-3-2-4-6-8-10-13-19-14-11-15(17)18/h16H,2-14H2,1H3,(H,17,18). The number of rotatable bonds is 15. The summed E-state index contributed by atoms with van der Waals surface area (Å²) >= 11 is 0. The summed E-state index contributed by atoms with van der Waals surface area (Å²) in [6.45, 7) is 2.20. The van der Waals surface area contributed by atoms with E-state index in [2.05, 4.69) is 5.32 Å². The van der Waals surface area contributed by atoms with Crippen molar-refractivity contribution >= 4 is 5.97 Å². The second-order valence-electron chi connectivity index (χ2n) is 5.04. The van der Waals surface area contributed by atoms with Crippen LogP contribution in [-0.4, -0.2) is 37.9 Å². The minimum Gasteiger partial charge on any atom is -0.481 e. The van der Waals surface area contributed by atoms with E-state index >= 15 is 0 Å². The van der Waals surface area contributed by atoms with Crippen molar-refractivity contribution in [3.8, 4) is 0 Å². The highest BCUT2D eigenvalue weighted by molar-refractivity contribution is 5.66. The second kappa shape index (κ2) is 15.4. The molecule has 0 aromatic rings. The Morgan fingerprint density at radius 3 is 1.95 bits per heavy atom. The van der Waals surface area contributed by atoms with Gasteiger partial charge in [-0.1, -0.05) is 44.9 Å². The number of aliphatic carboxylic acids is 1. The first-order chi connectivity index (χ1) is 9.27. The zero-order valence-corrected chi connectivity index (χ0v) is 12.5. The van der Waals surface area contributed by atoms with Gasteiger partial charge in [0.25, 0.3) is 0 Å². The first kappa shape index (κ1) is 18.4. The van der Waals surface area contributed by atoms with E-state index in [-0.39, 0.29) is 6.42 Å². The van der Waals surface area contributed by atoms with E-state index in [4.69, 9.17) is 9.84 Å². The maximum atomic E-state index is 10.2. The second-order valence-corrected chi connectivity index (χ2v) is 5.04. The summed E-state index contributed by atoms with van der Waals surface area (Å²) in [5.74, 6) is -0.783. The minimum absolute atomic E-state index is 0.119. The van der Waals surface area contributed by atoms with Gasteiger partial charge in [0.15, 0.2) is 0 Å². The van der Waals surface area contributed by atoms with Gasteiger partial charge in [-0.25, -0.2) is 0 Å². The van der Waals surface area contributed by atoms with Crippen LogP contribution >= 0.6 is 0 Å². The molecule has 0 spiro atoms. The molecule has 0 atom stereocenters. The van der Waals surface area contributed by atoms with Crippen LogP contribution in [0.25, 0.3) is 0 Å². The molecule has 19 heavy (non-hydrogen) atoms. The molecule has 114 valence electrons. The number of carboxylic acids is 1. The van der Waals surface area contributed by atoms with Crippen LogP contribution in [-0.2, 0) is 9.53 Å². The van der Waals surface area contributed by atoms with Crippen LogP contribution in [0.1, 0.15) is 64.2 Å². The van der Waals surface area contributed by atoms with Gasteiger partial charge in [-0.3, -0.25) is 4.79 Å². The van der Waals surface area contributed by atoms with Gasteiger partial charge in [0.1, 0.15) is 0 Å². The zero-order valence-electron chi connectivity index (χ0n) is 12.5. The third-order valence-corrected chi connectivity index (χ3v) is 3.18. The molecule has 0 amide bonds. The van der Waals surface area contributed by atoms with Gasteiger partial charge >= 0.3 is 5.97 Å². The molecule has 0 unspecified atom stereocenters. The maximum Gasteiger partial charge on any atom is 0.305 e. The fraction of sp³-hybridized carbons (Fsp3) is 0.933. The fourth-order valence-electron chi connectivity index (χ4n) is 2.00. The zero-order chi connectivity index (χ0) is 14.2. The molecule has 0 saturated carbocycles. The van der Waals surface area contributed by atoms with Crippen molar-refractivity contribution in [1.29, 1.82) is 0 Å². The van der Waals surface area contributed by atoms with Crippen LogP contribution in [0.2, 0.25) is 0 Å². The lowest BCUT2D eigenvalue weighted by Crippen LogP contribution is -2.06. The summed E-state index contributed by atoms with van der Waals surface area (Å²) in [6, 6.07) is 0. The van der Waals surface area contributed by atoms with Crippen LogP contribution in [0.4, 0.5) is 0 Å². The first-order valence-electron chi connectivity index (χ1n) is 7.71. The minimum atomic E-state index is -0.783. The predicted octanol–water partition coefficient (Wildman–Crippen LogP) is 3.21. The summed E-state index contributed by atoms with van der Waals surface area (Å²) in [5.41, 5.74) is 0. The molecular weight excluding hydrogens is 242 g/mol. The van der Waals surface area contributed by atoms with Crippen molar-refractivity contribution in [1.82, 2.24) is 5.32 Å². The molecule has 0 aromatic heterocycles. The smallest absolute Gasteiger partial charge is 0.305 e. The molecule has 4 heteroatoms. The van der Waals surface area contributed by atoms with Crippen LogP contribution in [0, 0.1) is 0 Å². The number of hydrogen-bond acceptors (Lipinski definition) is 3. The van der Waals surface area contributed by atoms with Gasteiger partial charge in [0.05, 0.1) is 13.0 Å². The molecule has 0 rings (SSSR count). The molecule has 0 aliphatic carbocycles. The number of carbonyl (C=O) groups is 1. The molecule has 0 fully saturated rings. The average Bonchev–Trinajstić information content (AvgIpc) is 2.39. The van der Waals surface area contributed by atoms with E-state index in [1.165, 1.54) is 51.4 Å². The summed E-state index contributed by atoms with van der Waals surface area (Å²) in [4.78, 5) is 10.2. The fourth-order valence-corrected chi connectivity index (χ4v) is 2.00. The number of ether oxygens (including phenoxy) is 1. The Kier molecular flexibility index (Phi) is 15.0. The molecule has 2 N–H and O–H groups in total. The van der Waals surface area contributed by atoms with Crippen LogP contribution in [0.5, 0.6) is 0 Å². The van der Waals surface area contributed by atoms with Crippen molar-refractivity contribution in [2.75, 3.05) is 26.8 Å². The van der Waals surface area contributed by atoms with E-state index in [1.807, 2.05) is 7.05 Å². The Morgan fingerprint density at radius 2 is 1.42 bits per heavy atom. The van der Waals surface area contributed by atoms with E-state index in [0.29, 0.717) is 13.2 Å². The quantitative estimate of drug-likeness (QED) is 0.450. The number of nitrogens with one attached hydrogen (secondary N) is 1. The third kappa shape index (κ3) is 17.4. The van der Waals surface area contributed by atoms with Crippen molar-refractivity contribution in [3.05, 3.63) is 0 Å². The summed E-state index contributed by atoms with van der Waals surface area (Å²) in [6.07, 6.45) is 11.7. The molecule has 4 nitrogen and oxygen atoms in total. The maximum absolute atomic E-state index is 10.2. The van der Waals surface area contributed by atoms with Crippen LogP contribution in [0.3, 0.4) is 0 Å². The monoisotopic (exact) mass is 273 g/mol. The number of carboxylic acid groups (broad SMARTS) is 1. The molecule has 0 saturated heterocycles. The predicted molar refractivity (Wildman–Crippen MR) is 78.6 cm³/mol. The Balaban J connectivity index is 2.93. The lowest BCUT2D eigenvalue weighted by molar-refractivity contribution is -0.138. The first-order valence-corrected chi connectivity index (χ1v) is 7.71. The lowest BCUT2D eigenvalue weighted by Gasteiger charge is -2.03. The average molecular weight is 273 g/mol. The molecule has 0 aliphatic heterocycles. The Bertz CT molecular complexity index is 198. The van der Waals surface area contributed by atoms with Crippen molar-refractivity contribution in [2.45, 2.75) is 64.2 Å². The molecular formula is C15H31NO3. The van der Waals surface area contributed by atoms with E-state index < -0.39 is 5.97 Å². The van der Waals surface area contributed by atoms with Gasteiger partial charge in [0.2, 0.25) is 0 Å². The topological polar surface area (TPSA) is 58.6 Å². The van der Waals surface area contributed by atoms with E-state index in [0.717, 1.165) is 13.0 Å². The highest BCUT2D eigenvalue weighted by Gasteiger charge is 1.96. The molecule has 0 aliphatic rings. The van der Waals surface area contributed by atoms with Gasteiger partial charge in [-0.2, -0.15) is 0 Å². The highest BCUT2D eigenvalue weighted by atomic mass is 16.5. The number of hydrogen-bond donors (Lipinski definition) is 2. The van der Waals surface area contributed by atoms with Gasteiger partial charge in [0, 0.05) is 6.61 Å².